The normalized spacial score (nSPS) is 11.4. The van der Waals surface area contributed by atoms with Gasteiger partial charge in [-0.2, -0.15) is 4.39 Å². The lowest BCUT2D eigenvalue weighted by atomic mass is 10.1. The molecule has 0 fully saturated rings. The first kappa shape index (κ1) is 13.8. The van der Waals surface area contributed by atoms with Gasteiger partial charge in [-0.1, -0.05) is 6.07 Å². The van der Waals surface area contributed by atoms with Crippen LogP contribution in [0.3, 0.4) is 0 Å². The first-order valence-corrected chi connectivity index (χ1v) is 4.08. The molecule has 0 aliphatic carbocycles. The van der Waals surface area contributed by atoms with E-state index in [1.807, 2.05) is 0 Å². The summed E-state index contributed by atoms with van der Waals surface area (Å²) in [5.41, 5.74) is 5.81. The average molecular weight is 235 g/mol. The van der Waals surface area contributed by atoms with E-state index >= 15 is 0 Å². The van der Waals surface area contributed by atoms with Gasteiger partial charge in [-0.15, -0.1) is 12.4 Å². The summed E-state index contributed by atoms with van der Waals surface area (Å²) in [5.74, 6) is -1.12. The van der Waals surface area contributed by atoms with E-state index in [1.54, 1.807) is 6.07 Å². The highest BCUT2D eigenvalue weighted by molar-refractivity contribution is 5.85. The second-order valence-electron chi connectivity index (χ2n) is 2.77. The van der Waals surface area contributed by atoms with Gasteiger partial charge in [0, 0.05) is 17.8 Å². The summed E-state index contributed by atoms with van der Waals surface area (Å²) in [7, 11) is 1.26. The molecule has 0 amide bonds. The van der Waals surface area contributed by atoms with Gasteiger partial charge < -0.3 is 10.5 Å². The minimum atomic E-state index is -0.712. The Morgan fingerprint density at radius 2 is 2.40 bits per heavy atom. The largest absolute Gasteiger partial charge is 0.469 e. The Balaban J connectivity index is 0.00000196. The van der Waals surface area contributed by atoms with Crippen LogP contribution in [0.2, 0.25) is 0 Å². The summed E-state index contributed by atoms with van der Waals surface area (Å²) in [5, 5.41) is 0. The maximum absolute atomic E-state index is 13.1. The fourth-order valence-corrected chi connectivity index (χ4v) is 1.05. The molecule has 0 spiro atoms. The van der Waals surface area contributed by atoms with E-state index < -0.39 is 18.0 Å². The van der Waals surface area contributed by atoms with Crippen LogP contribution in [0.1, 0.15) is 18.0 Å². The van der Waals surface area contributed by atoms with Crippen molar-refractivity contribution in [2.45, 2.75) is 12.5 Å². The molecular formula is C9H12ClFN2O2. The Hall–Kier alpha value is -1.20. The van der Waals surface area contributed by atoms with Crippen LogP contribution in [0.15, 0.2) is 18.3 Å². The zero-order chi connectivity index (χ0) is 10.6. The molecule has 2 N–H and O–H groups in total. The standard InChI is InChI=1S/C9H11FN2O2.ClH/c1-14-8(13)5-7(11)6-3-2-4-12-9(6)10;/h2-4,7H,5,11H2,1H3;1H/t7-;/m0./s1. The van der Waals surface area contributed by atoms with Crippen LogP contribution < -0.4 is 5.73 Å². The molecule has 0 aliphatic rings. The number of carbonyl (C=O) groups is 1. The van der Waals surface area contributed by atoms with Crippen LogP contribution in [-0.2, 0) is 9.53 Å². The van der Waals surface area contributed by atoms with Gasteiger partial charge in [-0.05, 0) is 6.07 Å². The number of nitrogens with two attached hydrogens (primary N) is 1. The number of carbonyl (C=O) groups excluding carboxylic acids is 1. The van der Waals surface area contributed by atoms with Gasteiger partial charge in [0.05, 0.1) is 13.5 Å². The van der Waals surface area contributed by atoms with E-state index in [2.05, 4.69) is 9.72 Å². The molecule has 1 aromatic rings. The van der Waals surface area contributed by atoms with E-state index in [0.717, 1.165) is 0 Å². The predicted molar refractivity (Wildman–Crippen MR) is 55.0 cm³/mol. The van der Waals surface area contributed by atoms with Gasteiger partial charge in [0.1, 0.15) is 0 Å². The zero-order valence-electron chi connectivity index (χ0n) is 8.14. The van der Waals surface area contributed by atoms with Crippen molar-refractivity contribution in [3.05, 3.63) is 29.8 Å². The molecule has 0 aromatic carbocycles. The Morgan fingerprint density at radius 3 is 2.93 bits per heavy atom. The number of halogens is 2. The first-order chi connectivity index (χ1) is 6.65. The maximum Gasteiger partial charge on any atom is 0.307 e. The number of hydrogen-bond acceptors (Lipinski definition) is 4. The fraction of sp³-hybridized carbons (Fsp3) is 0.333. The third-order valence-electron chi connectivity index (χ3n) is 1.80. The number of rotatable bonds is 3. The molecule has 15 heavy (non-hydrogen) atoms. The summed E-state index contributed by atoms with van der Waals surface area (Å²) < 4.78 is 17.5. The van der Waals surface area contributed by atoms with Crippen molar-refractivity contribution in [1.29, 1.82) is 0 Å². The van der Waals surface area contributed by atoms with Gasteiger partial charge in [0.2, 0.25) is 5.95 Å². The van der Waals surface area contributed by atoms with E-state index in [1.165, 1.54) is 19.4 Å². The van der Waals surface area contributed by atoms with Gasteiger partial charge in [-0.25, -0.2) is 4.98 Å². The Labute approximate surface area is 93.0 Å². The van der Waals surface area contributed by atoms with Crippen molar-refractivity contribution in [3.8, 4) is 0 Å². The fourth-order valence-electron chi connectivity index (χ4n) is 1.05. The molecule has 1 heterocycles. The second kappa shape index (κ2) is 6.31. The molecule has 1 atom stereocenters. The average Bonchev–Trinajstić information content (AvgIpc) is 2.18. The lowest BCUT2D eigenvalue weighted by molar-refractivity contribution is -0.141. The Kier molecular flexibility index (Phi) is 5.81. The lowest BCUT2D eigenvalue weighted by Gasteiger charge is -2.10. The monoisotopic (exact) mass is 234 g/mol. The molecule has 6 heteroatoms. The molecule has 1 aromatic heterocycles. The predicted octanol–water partition coefficient (Wildman–Crippen LogP) is 1.21. The molecule has 1 rings (SSSR count). The number of esters is 1. The molecule has 0 radical (unpaired) electrons. The Bertz CT molecular complexity index is 336. The van der Waals surface area contributed by atoms with Crippen molar-refractivity contribution >= 4 is 18.4 Å². The zero-order valence-corrected chi connectivity index (χ0v) is 8.96. The molecule has 84 valence electrons. The van der Waals surface area contributed by atoms with E-state index in [0.29, 0.717) is 0 Å². The first-order valence-electron chi connectivity index (χ1n) is 4.08. The quantitative estimate of drug-likeness (QED) is 0.631. The van der Waals surface area contributed by atoms with E-state index in [9.17, 15) is 9.18 Å². The van der Waals surface area contributed by atoms with Crippen LogP contribution in [0.25, 0.3) is 0 Å². The summed E-state index contributed by atoms with van der Waals surface area (Å²) in [6.07, 6.45) is 1.27. The van der Waals surface area contributed by atoms with Gasteiger partial charge in [0.25, 0.3) is 0 Å². The summed E-state index contributed by atoms with van der Waals surface area (Å²) in [6, 6.07) is 2.35. The highest BCUT2D eigenvalue weighted by atomic mass is 35.5. The molecule has 0 aliphatic heterocycles. The topological polar surface area (TPSA) is 65.2 Å². The highest BCUT2D eigenvalue weighted by Gasteiger charge is 2.15. The van der Waals surface area contributed by atoms with Crippen LogP contribution in [0, 0.1) is 5.95 Å². The summed E-state index contributed by atoms with van der Waals surface area (Å²) in [4.78, 5) is 14.3. The number of aromatic nitrogens is 1. The Morgan fingerprint density at radius 1 is 1.73 bits per heavy atom. The lowest BCUT2D eigenvalue weighted by Crippen LogP contribution is -2.17. The number of pyridine rings is 1. The van der Waals surface area contributed by atoms with Crippen LogP contribution in [0.5, 0.6) is 0 Å². The van der Waals surface area contributed by atoms with Crippen molar-refractivity contribution in [2.24, 2.45) is 5.73 Å². The molecule has 0 unspecified atom stereocenters. The van der Waals surface area contributed by atoms with Crippen LogP contribution in [-0.4, -0.2) is 18.1 Å². The van der Waals surface area contributed by atoms with Crippen molar-refractivity contribution in [3.63, 3.8) is 0 Å². The second-order valence-corrected chi connectivity index (χ2v) is 2.77. The number of nitrogens with zero attached hydrogens (tertiary/aromatic N) is 1. The number of ether oxygens (including phenoxy) is 1. The summed E-state index contributed by atoms with van der Waals surface area (Å²) >= 11 is 0. The van der Waals surface area contributed by atoms with E-state index in [4.69, 9.17) is 5.73 Å². The molecular weight excluding hydrogens is 223 g/mol. The SMILES string of the molecule is COC(=O)C[C@H](N)c1cccnc1F.Cl. The van der Waals surface area contributed by atoms with Gasteiger partial charge in [0.15, 0.2) is 0 Å². The minimum Gasteiger partial charge on any atom is -0.469 e. The van der Waals surface area contributed by atoms with Crippen molar-refractivity contribution in [2.75, 3.05) is 7.11 Å². The van der Waals surface area contributed by atoms with Crippen molar-refractivity contribution in [1.82, 2.24) is 4.98 Å². The minimum absolute atomic E-state index is 0. The number of methoxy groups -OCH3 is 1. The summed E-state index contributed by atoms with van der Waals surface area (Å²) in [6.45, 7) is 0. The van der Waals surface area contributed by atoms with Crippen molar-refractivity contribution < 1.29 is 13.9 Å². The third kappa shape index (κ3) is 3.81. The molecule has 0 bridgehead atoms. The van der Waals surface area contributed by atoms with Crippen LogP contribution in [0.4, 0.5) is 4.39 Å². The smallest absolute Gasteiger partial charge is 0.307 e. The molecule has 0 saturated heterocycles. The van der Waals surface area contributed by atoms with Gasteiger partial charge >= 0.3 is 5.97 Å². The van der Waals surface area contributed by atoms with E-state index in [-0.39, 0.29) is 24.4 Å². The maximum atomic E-state index is 13.1. The van der Waals surface area contributed by atoms with Crippen LogP contribution >= 0.6 is 12.4 Å². The highest BCUT2D eigenvalue weighted by Crippen LogP contribution is 2.15. The van der Waals surface area contributed by atoms with Gasteiger partial charge in [-0.3, -0.25) is 4.79 Å². The molecule has 0 saturated carbocycles. The third-order valence-corrected chi connectivity index (χ3v) is 1.80. The number of hydrogen-bond donors (Lipinski definition) is 1. The molecule has 4 nitrogen and oxygen atoms in total.